The number of esters is 1. The number of nitrogens with zero attached hydrogens (tertiary/aromatic N) is 2. The van der Waals surface area contributed by atoms with Crippen molar-refractivity contribution in [1.29, 1.82) is 0 Å². The van der Waals surface area contributed by atoms with Crippen molar-refractivity contribution in [3.05, 3.63) is 41.2 Å². The number of amides is 1. The maximum absolute atomic E-state index is 13.7. The molecule has 0 bridgehead atoms. The summed E-state index contributed by atoms with van der Waals surface area (Å²) in [5.74, 6) is -1.20. The van der Waals surface area contributed by atoms with Gasteiger partial charge in [0.2, 0.25) is 0 Å². The first-order valence-electron chi connectivity index (χ1n) is 7.31. The van der Waals surface area contributed by atoms with Crippen LogP contribution in [0.3, 0.4) is 0 Å². The number of benzene rings is 1. The van der Waals surface area contributed by atoms with E-state index in [1.807, 2.05) is 0 Å². The quantitative estimate of drug-likeness (QED) is 0.807. The largest absolute Gasteiger partial charge is 0.451 e. The Morgan fingerprint density at radius 2 is 2.00 bits per heavy atom. The molecule has 1 fully saturated rings. The molecule has 120 valence electrons. The minimum atomic E-state index is -0.613. The number of ether oxygens (including phenoxy) is 1. The molecule has 23 heavy (non-hydrogen) atoms. The van der Waals surface area contributed by atoms with Crippen LogP contribution >= 0.6 is 11.3 Å². The van der Waals surface area contributed by atoms with Crippen LogP contribution in [0.1, 0.15) is 22.5 Å². The first kappa shape index (κ1) is 15.6. The van der Waals surface area contributed by atoms with Crippen molar-refractivity contribution in [3.8, 4) is 10.6 Å². The molecular weight excluding hydrogens is 319 g/mol. The molecule has 0 unspecified atom stereocenters. The van der Waals surface area contributed by atoms with Gasteiger partial charge in [0.05, 0.1) is 6.20 Å². The lowest BCUT2D eigenvalue weighted by molar-refractivity contribution is -0.133. The summed E-state index contributed by atoms with van der Waals surface area (Å²) in [6, 6.07) is 6.22. The van der Waals surface area contributed by atoms with Gasteiger partial charge in [-0.05, 0) is 25.0 Å². The number of hydrogen-bond acceptors (Lipinski definition) is 5. The number of halogens is 1. The Kier molecular flexibility index (Phi) is 4.66. The number of thiazole rings is 1. The van der Waals surface area contributed by atoms with Crippen LogP contribution in [-0.4, -0.2) is 41.5 Å². The molecule has 0 spiro atoms. The fourth-order valence-electron chi connectivity index (χ4n) is 2.38. The predicted octanol–water partition coefficient (Wildman–Crippen LogP) is 2.73. The third-order valence-electron chi connectivity index (χ3n) is 3.60. The maximum Gasteiger partial charge on any atom is 0.350 e. The number of carbonyl (C=O) groups is 2. The van der Waals surface area contributed by atoms with Gasteiger partial charge in [0.15, 0.2) is 6.61 Å². The second-order valence-electron chi connectivity index (χ2n) is 5.17. The monoisotopic (exact) mass is 334 g/mol. The molecule has 3 rings (SSSR count). The number of carbonyl (C=O) groups excluding carboxylic acids is 2. The molecule has 0 aliphatic carbocycles. The number of rotatable bonds is 4. The second-order valence-corrected chi connectivity index (χ2v) is 6.20. The Labute approximate surface area is 136 Å². The molecule has 1 aromatic carbocycles. The molecule has 5 nitrogen and oxygen atoms in total. The molecule has 7 heteroatoms. The standard InChI is InChI=1S/C16H15FN2O3S/c17-12-6-2-1-5-11(12)15-18-9-13(23-15)16(21)22-10-14(20)19-7-3-4-8-19/h1-2,5-6,9H,3-4,7-8,10H2. The van der Waals surface area contributed by atoms with E-state index in [9.17, 15) is 14.0 Å². The highest BCUT2D eigenvalue weighted by Crippen LogP contribution is 2.27. The molecule has 0 atom stereocenters. The Hall–Kier alpha value is -2.28. The minimum absolute atomic E-state index is 0.185. The van der Waals surface area contributed by atoms with Crippen molar-refractivity contribution < 1.29 is 18.7 Å². The van der Waals surface area contributed by atoms with Gasteiger partial charge in [-0.15, -0.1) is 11.3 Å². The van der Waals surface area contributed by atoms with Crippen LogP contribution in [0.4, 0.5) is 4.39 Å². The molecule has 2 aromatic rings. The Morgan fingerprint density at radius 3 is 2.74 bits per heavy atom. The third kappa shape index (κ3) is 3.56. The van der Waals surface area contributed by atoms with E-state index in [2.05, 4.69) is 4.98 Å². The topological polar surface area (TPSA) is 59.5 Å². The average Bonchev–Trinajstić information content (AvgIpc) is 3.24. The molecule has 1 aromatic heterocycles. The first-order valence-corrected chi connectivity index (χ1v) is 8.12. The molecule has 0 saturated carbocycles. The van der Waals surface area contributed by atoms with E-state index in [-0.39, 0.29) is 17.4 Å². The van der Waals surface area contributed by atoms with E-state index in [1.54, 1.807) is 23.1 Å². The lowest BCUT2D eigenvalue weighted by Gasteiger charge is -2.14. The fourth-order valence-corrected chi connectivity index (χ4v) is 3.22. The van der Waals surface area contributed by atoms with E-state index in [0.717, 1.165) is 24.2 Å². The van der Waals surface area contributed by atoms with Gasteiger partial charge in [-0.25, -0.2) is 14.2 Å². The zero-order valence-corrected chi connectivity index (χ0v) is 13.1. The van der Waals surface area contributed by atoms with Gasteiger partial charge < -0.3 is 9.64 Å². The van der Waals surface area contributed by atoms with Gasteiger partial charge in [-0.1, -0.05) is 12.1 Å². The van der Waals surface area contributed by atoms with Crippen molar-refractivity contribution >= 4 is 23.2 Å². The van der Waals surface area contributed by atoms with Crippen LogP contribution in [0.5, 0.6) is 0 Å². The van der Waals surface area contributed by atoms with Crippen molar-refractivity contribution in [2.24, 2.45) is 0 Å². The lowest BCUT2D eigenvalue weighted by Crippen LogP contribution is -2.31. The highest BCUT2D eigenvalue weighted by atomic mass is 32.1. The van der Waals surface area contributed by atoms with Gasteiger partial charge in [-0.2, -0.15) is 0 Å². The van der Waals surface area contributed by atoms with Crippen LogP contribution < -0.4 is 0 Å². The van der Waals surface area contributed by atoms with Crippen LogP contribution in [-0.2, 0) is 9.53 Å². The highest BCUT2D eigenvalue weighted by molar-refractivity contribution is 7.16. The molecule has 1 aliphatic heterocycles. The summed E-state index contributed by atoms with van der Waals surface area (Å²) in [4.78, 5) is 29.8. The molecule has 1 amide bonds. The van der Waals surface area contributed by atoms with Crippen LogP contribution in [0.15, 0.2) is 30.5 Å². The van der Waals surface area contributed by atoms with Gasteiger partial charge >= 0.3 is 5.97 Å². The van der Waals surface area contributed by atoms with Crippen LogP contribution in [0.2, 0.25) is 0 Å². The average molecular weight is 334 g/mol. The van der Waals surface area contributed by atoms with Gasteiger partial charge in [-0.3, -0.25) is 4.79 Å². The molecule has 0 N–H and O–H groups in total. The number of likely N-dealkylation sites (tertiary alicyclic amines) is 1. The maximum atomic E-state index is 13.7. The molecule has 2 heterocycles. The summed E-state index contributed by atoms with van der Waals surface area (Å²) in [7, 11) is 0. The summed E-state index contributed by atoms with van der Waals surface area (Å²) in [5.41, 5.74) is 0.338. The zero-order valence-electron chi connectivity index (χ0n) is 12.3. The van der Waals surface area contributed by atoms with E-state index < -0.39 is 11.8 Å². The molecular formula is C16H15FN2O3S. The van der Waals surface area contributed by atoms with Crippen molar-refractivity contribution in [1.82, 2.24) is 9.88 Å². The highest BCUT2D eigenvalue weighted by Gasteiger charge is 2.21. The Bertz CT molecular complexity index is 726. The summed E-state index contributed by atoms with van der Waals surface area (Å²) in [5, 5.41) is 0.404. The first-order chi connectivity index (χ1) is 11.1. The van der Waals surface area contributed by atoms with Crippen LogP contribution in [0, 0.1) is 5.82 Å². The van der Waals surface area contributed by atoms with E-state index in [1.165, 1.54) is 12.3 Å². The number of aromatic nitrogens is 1. The fraction of sp³-hybridized carbons (Fsp3) is 0.312. The Balaban J connectivity index is 1.62. The normalized spacial score (nSPS) is 14.0. The van der Waals surface area contributed by atoms with Crippen LogP contribution in [0.25, 0.3) is 10.6 Å². The van der Waals surface area contributed by atoms with Crippen molar-refractivity contribution in [3.63, 3.8) is 0 Å². The third-order valence-corrected chi connectivity index (χ3v) is 4.61. The molecule has 1 aliphatic rings. The van der Waals surface area contributed by atoms with Gasteiger partial charge in [0, 0.05) is 18.7 Å². The van der Waals surface area contributed by atoms with E-state index >= 15 is 0 Å². The summed E-state index contributed by atoms with van der Waals surface area (Å²) in [6.07, 6.45) is 3.32. The summed E-state index contributed by atoms with van der Waals surface area (Å²) >= 11 is 1.04. The Morgan fingerprint density at radius 1 is 1.26 bits per heavy atom. The summed E-state index contributed by atoms with van der Waals surface area (Å²) < 4.78 is 18.7. The summed E-state index contributed by atoms with van der Waals surface area (Å²) in [6.45, 7) is 1.16. The molecule has 0 radical (unpaired) electrons. The molecule has 1 saturated heterocycles. The predicted molar refractivity (Wildman–Crippen MR) is 83.6 cm³/mol. The smallest absolute Gasteiger partial charge is 0.350 e. The minimum Gasteiger partial charge on any atom is -0.451 e. The van der Waals surface area contributed by atoms with Gasteiger partial charge in [0.25, 0.3) is 5.91 Å². The lowest BCUT2D eigenvalue weighted by atomic mass is 10.2. The van der Waals surface area contributed by atoms with Crippen molar-refractivity contribution in [2.75, 3.05) is 19.7 Å². The van der Waals surface area contributed by atoms with Crippen molar-refractivity contribution in [2.45, 2.75) is 12.8 Å². The zero-order chi connectivity index (χ0) is 16.2. The van der Waals surface area contributed by atoms with E-state index in [0.29, 0.717) is 23.7 Å². The second kappa shape index (κ2) is 6.87. The number of hydrogen-bond donors (Lipinski definition) is 0. The van der Waals surface area contributed by atoms with E-state index in [4.69, 9.17) is 4.74 Å². The SMILES string of the molecule is O=C(OCC(=O)N1CCCC1)c1cnc(-c2ccccc2F)s1. The van der Waals surface area contributed by atoms with Gasteiger partial charge in [0.1, 0.15) is 15.7 Å².